The van der Waals surface area contributed by atoms with Crippen LogP contribution in [0.1, 0.15) is 36.8 Å². The molecule has 0 atom stereocenters. The van der Waals surface area contributed by atoms with Gasteiger partial charge in [-0.1, -0.05) is 28.8 Å². The summed E-state index contributed by atoms with van der Waals surface area (Å²) in [6.45, 7) is 1.96. The Morgan fingerprint density at radius 3 is 2.47 bits per heavy atom. The number of hydrogen-bond acceptors (Lipinski definition) is 2. The number of phenols is 1. The molecule has 3 N–H and O–H groups in total. The third-order valence-electron chi connectivity index (χ3n) is 3.21. The van der Waals surface area contributed by atoms with Crippen LogP contribution in [0.4, 0.5) is 0 Å². The zero-order valence-corrected chi connectivity index (χ0v) is 10.5. The van der Waals surface area contributed by atoms with Crippen molar-refractivity contribution in [1.29, 1.82) is 0 Å². The molecule has 0 spiro atoms. The average molecular weight is 270 g/mol. The molecule has 0 unspecified atom stereocenters. The van der Waals surface area contributed by atoms with Gasteiger partial charge < -0.3 is 10.8 Å². The molecule has 0 aliphatic heterocycles. The monoisotopic (exact) mass is 269 g/mol. The Kier molecular flexibility index (Phi) is 2.77. The van der Waals surface area contributed by atoms with E-state index in [2.05, 4.69) is 15.9 Å². The molecule has 0 aromatic heterocycles. The summed E-state index contributed by atoms with van der Waals surface area (Å²) < 4.78 is 0.935. The Morgan fingerprint density at radius 2 is 1.93 bits per heavy atom. The molecule has 0 radical (unpaired) electrons. The maximum absolute atomic E-state index is 9.99. The molecule has 1 saturated carbocycles. The number of phenolic OH excluding ortho intramolecular Hbond substituents is 1. The van der Waals surface area contributed by atoms with Crippen LogP contribution >= 0.6 is 15.9 Å². The minimum absolute atomic E-state index is 0.325. The average Bonchev–Trinajstić information content (AvgIpc) is 2.50. The quantitative estimate of drug-likeness (QED) is 0.823. The van der Waals surface area contributed by atoms with Crippen molar-refractivity contribution in [2.24, 2.45) is 5.73 Å². The molecule has 1 fully saturated rings. The predicted octanol–water partition coefficient (Wildman–Crippen LogP) is 3.19. The molecule has 2 nitrogen and oxygen atoms in total. The van der Waals surface area contributed by atoms with E-state index >= 15 is 0 Å². The molecule has 1 aromatic rings. The molecule has 2 rings (SSSR count). The normalized spacial score (nSPS) is 19.4. The maximum atomic E-state index is 9.99. The second kappa shape index (κ2) is 3.80. The van der Waals surface area contributed by atoms with Crippen molar-refractivity contribution in [2.45, 2.75) is 38.1 Å². The molecule has 1 aromatic carbocycles. The van der Waals surface area contributed by atoms with Crippen molar-refractivity contribution < 1.29 is 5.11 Å². The topological polar surface area (TPSA) is 46.2 Å². The first-order valence-corrected chi connectivity index (χ1v) is 6.11. The highest BCUT2D eigenvalue weighted by Crippen LogP contribution is 2.44. The number of hydrogen-bond donors (Lipinski definition) is 2. The van der Waals surface area contributed by atoms with Gasteiger partial charge in [-0.2, -0.15) is 0 Å². The van der Waals surface area contributed by atoms with E-state index in [-0.39, 0.29) is 5.54 Å². The minimum atomic E-state index is -0.337. The van der Waals surface area contributed by atoms with Gasteiger partial charge in [0.2, 0.25) is 0 Å². The van der Waals surface area contributed by atoms with E-state index in [4.69, 9.17) is 5.73 Å². The zero-order valence-electron chi connectivity index (χ0n) is 8.89. The lowest BCUT2D eigenvalue weighted by atomic mass is 9.88. The second-order valence-electron chi connectivity index (χ2n) is 4.50. The summed E-state index contributed by atoms with van der Waals surface area (Å²) in [4.78, 5) is 0. The summed E-state index contributed by atoms with van der Waals surface area (Å²) >= 11 is 3.50. The van der Waals surface area contributed by atoms with E-state index in [1.54, 1.807) is 6.07 Å². The van der Waals surface area contributed by atoms with Gasteiger partial charge in [0, 0.05) is 15.6 Å². The molecular formula is C12H16BrNO. The lowest BCUT2D eigenvalue weighted by Crippen LogP contribution is -2.33. The lowest BCUT2D eigenvalue weighted by Gasteiger charge is -2.26. The Bertz CT molecular complexity index is 360. The van der Waals surface area contributed by atoms with E-state index in [0.717, 1.165) is 41.3 Å². The molecule has 1 aliphatic carbocycles. The number of nitrogens with two attached hydrogens (primary N) is 1. The predicted molar refractivity (Wildman–Crippen MR) is 64.9 cm³/mol. The lowest BCUT2D eigenvalue weighted by molar-refractivity contribution is 0.407. The van der Waals surface area contributed by atoms with Crippen LogP contribution in [-0.4, -0.2) is 5.11 Å². The highest BCUT2D eigenvalue weighted by Gasteiger charge is 2.35. The molecular weight excluding hydrogens is 254 g/mol. The van der Waals surface area contributed by atoms with Gasteiger partial charge >= 0.3 is 0 Å². The van der Waals surface area contributed by atoms with Crippen LogP contribution in [0.25, 0.3) is 0 Å². The second-order valence-corrected chi connectivity index (χ2v) is 5.36. The van der Waals surface area contributed by atoms with Crippen LogP contribution in [0.3, 0.4) is 0 Å². The van der Waals surface area contributed by atoms with E-state index in [1.165, 1.54) is 0 Å². The maximum Gasteiger partial charge on any atom is 0.122 e. The molecule has 15 heavy (non-hydrogen) atoms. The fourth-order valence-electron chi connectivity index (χ4n) is 2.47. The summed E-state index contributed by atoms with van der Waals surface area (Å²) in [5.74, 6) is 0.325. The van der Waals surface area contributed by atoms with Crippen LogP contribution in [0, 0.1) is 6.92 Å². The summed E-state index contributed by atoms with van der Waals surface area (Å²) in [6.07, 6.45) is 4.22. The summed E-state index contributed by atoms with van der Waals surface area (Å²) in [7, 11) is 0. The van der Waals surface area contributed by atoms with Crippen molar-refractivity contribution in [3.8, 4) is 5.75 Å². The van der Waals surface area contributed by atoms with E-state index in [1.807, 2.05) is 13.0 Å². The Balaban J connectivity index is 2.52. The van der Waals surface area contributed by atoms with E-state index in [0.29, 0.717) is 5.75 Å². The van der Waals surface area contributed by atoms with Gasteiger partial charge in [-0.25, -0.2) is 0 Å². The number of aromatic hydroxyl groups is 1. The first-order valence-electron chi connectivity index (χ1n) is 5.31. The third-order valence-corrected chi connectivity index (χ3v) is 3.83. The Morgan fingerprint density at radius 1 is 1.33 bits per heavy atom. The Labute approximate surface area is 98.6 Å². The standard InChI is InChI=1S/C12H16BrNO/c1-8-6-9(13)11(10(15)7-8)12(14)4-2-3-5-12/h6-7,15H,2-5,14H2,1H3. The van der Waals surface area contributed by atoms with Gasteiger partial charge in [0.05, 0.1) is 0 Å². The van der Waals surface area contributed by atoms with Gasteiger partial charge in [-0.15, -0.1) is 0 Å². The van der Waals surface area contributed by atoms with Crippen LogP contribution in [0.2, 0.25) is 0 Å². The third kappa shape index (κ3) is 1.91. The highest BCUT2D eigenvalue weighted by molar-refractivity contribution is 9.10. The van der Waals surface area contributed by atoms with Crippen LogP contribution in [0.5, 0.6) is 5.75 Å². The molecule has 0 heterocycles. The summed E-state index contributed by atoms with van der Waals surface area (Å²) in [5.41, 5.74) is 7.93. The molecule has 0 bridgehead atoms. The van der Waals surface area contributed by atoms with Gasteiger partial charge in [0.15, 0.2) is 0 Å². The number of rotatable bonds is 1. The highest BCUT2D eigenvalue weighted by atomic mass is 79.9. The van der Waals surface area contributed by atoms with Crippen LogP contribution < -0.4 is 5.73 Å². The SMILES string of the molecule is Cc1cc(O)c(C2(N)CCCC2)c(Br)c1. The van der Waals surface area contributed by atoms with Gasteiger partial charge in [-0.05, 0) is 37.5 Å². The summed E-state index contributed by atoms with van der Waals surface area (Å²) in [5, 5.41) is 9.99. The van der Waals surface area contributed by atoms with E-state index < -0.39 is 0 Å². The number of aryl methyl sites for hydroxylation is 1. The van der Waals surface area contributed by atoms with Crippen molar-refractivity contribution in [2.75, 3.05) is 0 Å². The first kappa shape index (κ1) is 11.0. The van der Waals surface area contributed by atoms with Crippen LogP contribution in [-0.2, 0) is 5.54 Å². The summed E-state index contributed by atoms with van der Waals surface area (Å²) in [6, 6.07) is 3.80. The fourth-order valence-corrected chi connectivity index (χ4v) is 3.43. The zero-order chi connectivity index (χ0) is 11.1. The largest absolute Gasteiger partial charge is 0.508 e. The number of benzene rings is 1. The van der Waals surface area contributed by atoms with Crippen molar-refractivity contribution in [3.63, 3.8) is 0 Å². The van der Waals surface area contributed by atoms with Crippen LogP contribution in [0.15, 0.2) is 16.6 Å². The van der Waals surface area contributed by atoms with Crippen molar-refractivity contribution >= 4 is 15.9 Å². The fraction of sp³-hybridized carbons (Fsp3) is 0.500. The first-order chi connectivity index (χ1) is 7.03. The molecule has 0 amide bonds. The minimum Gasteiger partial charge on any atom is -0.508 e. The molecule has 0 saturated heterocycles. The van der Waals surface area contributed by atoms with Gasteiger partial charge in [0.1, 0.15) is 5.75 Å². The van der Waals surface area contributed by atoms with Crippen molar-refractivity contribution in [1.82, 2.24) is 0 Å². The smallest absolute Gasteiger partial charge is 0.122 e. The number of halogens is 1. The van der Waals surface area contributed by atoms with Gasteiger partial charge in [-0.3, -0.25) is 0 Å². The molecule has 3 heteroatoms. The van der Waals surface area contributed by atoms with E-state index in [9.17, 15) is 5.11 Å². The van der Waals surface area contributed by atoms with Gasteiger partial charge in [0.25, 0.3) is 0 Å². The van der Waals surface area contributed by atoms with Crippen molar-refractivity contribution in [3.05, 3.63) is 27.7 Å². The Hall–Kier alpha value is -0.540. The molecule has 82 valence electrons. The molecule has 1 aliphatic rings.